The molecule has 0 saturated heterocycles. The Morgan fingerprint density at radius 1 is 1.22 bits per heavy atom. The fraction of sp³-hybridized carbons (Fsp3) is 0.300. The molecule has 138 valence electrons. The number of anilines is 1. The topological polar surface area (TPSA) is 81.8 Å². The van der Waals surface area contributed by atoms with Crippen molar-refractivity contribution in [2.75, 3.05) is 5.32 Å². The van der Waals surface area contributed by atoms with E-state index in [4.69, 9.17) is 0 Å². The van der Waals surface area contributed by atoms with Crippen LogP contribution < -0.4 is 11.0 Å². The lowest BCUT2D eigenvalue weighted by molar-refractivity contribution is -0.117. The number of hydrogen-bond donors (Lipinski definition) is 1. The summed E-state index contributed by atoms with van der Waals surface area (Å²) in [4.78, 5) is 29.3. The number of aryl methyl sites for hydroxylation is 1. The minimum absolute atomic E-state index is 0.124. The van der Waals surface area contributed by atoms with Crippen LogP contribution in [-0.2, 0) is 17.8 Å². The van der Waals surface area contributed by atoms with Crippen molar-refractivity contribution in [3.63, 3.8) is 0 Å². The van der Waals surface area contributed by atoms with Gasteiger partial charge in [-0.05, 0) is 49.1 Å². The standard InChI is InChI=1S/C20H21N5O2/c1-2-14-5-7-16(8-6-14)22-18(26)13-24-20(27)25(17-9-10-17)19(23-24)15-4-3-11-21-12-15/h3-8,11-12,17H,2,9-10,13H2,1H3,(H,22,26). The fourth-order valence-electron chi connectivity index (χ4n) is 3.04. The van der Waals surface area contributed by atoms with Crippen LogP contribution in [0.25, 0.3) is 11.4 Å². The average molecular weight is 363 g/mol. The van der Waals surface area contributed by atoms with Crippen LogP contribution >= 0.6 is 0 Å². The average Bonchev–Trinajstić information content (AvgIpc) is 3.48. The third-order valence-corrected chi connectivity index (χ3v) is 4.64. The van der Waals surface area contributed by atoms with Gasteiger partial charge in [0.2, 0.25) is 5.91 Å². The van der Waals surface area contributed by atoms with Crippen molar-refractivity contribution in [1.29, 1.82) is 0 Å². The Morgan fingerprint density at radius 3 is 2.63 bits per heavy atom. The van der Waals surface area contributed by atoms with Crippen LogP contribution in [-0.4, -0.2) is 25.2 Å². The molecule has 0 radical (unpaired) electrons. The number of nitrogens with one attached hydrogen (secondary N) is 1. The van der Waals surface area contributed by atoms with E-state index in [-0.39, 0.29) is 24.2 Å². The summed E-state index contributed by atoms with van der Waals surface area (Å²) in [5, 5.41) is 7.24. The normalized spacial score (nSPS) is 13.5. The lowest BCUT2D eigenvalue weighted by Crippen LogP contribution is -2.30. The van der Waals surface area contributed by atoms with Crippen LogP contribution in [0.15, 0.2) is 53.6 Å². The van der Waals surface area contributed by atoms with Crippen LogP contribution in [0.5, 0.6) is 0 Å². The maximum absolute atomic E-state index is 12.8. The van der Waals surface area contributed by atoms with Gasteiger partial charge >= 0.3 is 5.69 Å². The molecule has 1 fully saturated rings. The van der Waals surface area contributed by atoms with Crippen molar-refractivity contribution in [1.82, 2.24) is 19.3 Å². The van der Waals surface area contributed by atoms with Gasteiger partial charge in [0.1, 0.15) is 6.54 Å². The van der Waals surface area contributed by atoms with Gasteiger partial charge in [0, 0.05) is 29.7 Å². The Balaban J connectivity index is 1.56. The first kappa shape index (κ1) is 17.2. The zero-order chi connectivity index (χ0) is 18.8. The Kier molecular flexibility index (Phi) is 4.58. The highest BCUT2D eigenvalue weighted by atomic mass is 16.2. The van der Waals surface area contributed by atoms with Gasteiger partial charge in [-0.1, -0.05) is 19.1 Å². The molecule has 2 aromatic heterocycles. The SMILES string of the molecule is CCc1ccc(NC(=O)Cn2nc(-c3cccnc3)n(C3CC3)c2=O)cc1. The van der Waals surface area contributed by atoms with Crippen molar-refractivity contribution in [2.45, 2.75) is 38.8 Å². The summed E-state index contributed by atoms with van der Waals surface area (Å²) in [6.07, 6.45) is 6.21. The molecular weight excluding hydrogens is 342 g/mol. The summed E-state index contributed by atoms with van der Waals surface area (Å²) in [5.74, 6) is 0.287. The van der Waals surface area contributed by atoms with E-state index in [2.05, 4.69) is 22.3 Å². The Morgan fingerprint density at radius 2 is 2.00 bits per heavy atom. The maximum atomic E-state index is 12.8. The Labute approximate surface area is 156 Å². The van der Waals surface area contributed by atoms with Gasteiger partial charge in [-0.2, -0.15) is 0 Å². The Hall–Kier alpha value is -3.22. The molecule has 0 unspecified atom stereocenters. The van der Waals surface area contributed by atoms with E-state index in [1.165, 1.54) is 10.2 Å². The quantitative estimate of drug-likeness (QED) is 0.730. The summed E-state index contributed by atoms with van der Waals surface area (Å²) in [7, 11) is 0. The first-order valence-corrected chi connectivity index (χ1v) is 9.14. The molecule has 1 aliphatic rings. The molecule has 0 spiro atoms. The van der Waals surface area contributed by atoms with Gasteiger partial charge in [0.25, 0.3) is 0 Å². The number of benzene rings is 1. The lowest BCUT2D eigenvalue weighted by atomic mass is 10.1. The van der Waals surface area contributed by atoms with Gasteiger partial charge in [0.15, 0.2) is 5.82 Å². The second kappa shape index (κ2) is 7.19. The predicted octanol–water partition coefficient (Wildman–Crippen LogP) is 2.64. The number of carbonyl (C=O) groups excluding carboxylic acids is 1. The molecule has 0 bridgehead atoms. The third-order valence-electron chi connectivity index (χ3n) is 4.64. The van der Waals surface area contributed by atoms with Crippen LogP contribution in [0.3, 0.4) is 0 Å². The summed E-state index contributed by atoms with van der Waals surface area (Å²) in [6, 6.07) is 11.5. The molecular formula is C20H21N5O2. The van der Waals surface area contributed by atoms with Crippen molar-refractivity contribution in [2.24, 2.45) is 0 Å². The first-order chi connectivity index (χ1) is 13.2. The molecule has 7 nitrogen and oxygen atoms in total. The first-order valence-electron chi connectivity index (χ1n) is 9.14. The van der Waals surface area contributed by atoms with Gasteiger partial charge < -0.3 is 5.32 Å². The van der Waals surface area contributed by atoms with Gasteiger partial charge in [-0.25, -0.2) is 9.48 Å². The number of pyridine rings is 1. The molecule has 7 heteroatoms. The van der Waals surface area contributed by atoms with Gasteiger partial charge in [0.05, 0.1) is 0 Å². The summed E-state index contributed by atoms with van der Waals surface area (Å²) in [5.41, 5.74) is 2.43. The third kappa shape index (κ3) is 3.67. The molecule has 3 aromatic rings. The number of hydrogen-bond acceptors (Lipinski definition) is 4. The molecule has 1 aromatic carbocycles. The zero-order valence-corrected chi connectivity index (χ0v) is 15.1. The predicted molar refractivity (Wildman–Crippen MR) is 102 cm³/mol. The highest BCUT2D eigenvalue weighted by Crippen LogP contribution is 2.36. The molecule has 27 heavy (non-hydrogen) atoms. The van der Waals surface area contributed by atoms with Crippen LogP contribution in [0.2, 0.25) is 0 Å². The van der Waals surface area contributed by atoms with E-state index < -0.39 is 0 Å². The smallest absolute Gasteiger partial charge is 0.324 e. The van der Waals surface area contributed by atoms with Crippen LogP contribution in [0, 0.1) is 0 Å². The second-order valence-corrected chi connectivity index (χ2v) is 6.71. The number of rotatable bonds is 6. The van der Waals surface area contributed by atoms with Crippen LogP contribution in [0.4, 0.5) is 5.69 Å². The number of carbonyl (C=O) groups is 1. The fourth-order valence-corrected chi connectivity index (χ4v) is 3.04. The second-order valence-electron chi connectivity index (χ2n) is 6.71. The number of amides is 1. The van der Waals surface area contributed by atoms with Crippen molar-refractivity contribution >= 4 is 11.6 Å². The van der Waals surface area contributed by atoms with Gasteiger partial charge in [-0.15, -0.1) is 5.10 Å². The minimum Gasteiger partial charge on any atom is -0.324 e. The largest absolute Gasteiger partial charge is 0.346 e. The molecule has 0 aliphatic heterocycles. The molecule has 1 aliphatic carbocycles. The molecule has 1 N–H and O–H groups in total. The minimum atomic E-state index is -0.278. The summed E-state index contributed by atoms with van der Waals surface area (Å²) < 4.78 is 2.91. The summed E-state index contributed by atoms with van der Waals surface area (Å²) in [6.45, 7) is 1.96. The maximum Gasteiger partial charge on any atom is 0.346 e. The van der Waals surface area contributed by atoms with Gasteiger partial charge in [-0.3, -0.25) is 14.3 Å². The van der Waals surface area contributed by atoms with E-state index >= 15 is 0 Å². The molecule has 1 saturated carbocycles. The van der Waals surface area contributed by atoms with E-state index in [9.17, 15) is 9.59 Å². The number of aromatic nitrogens is 4. The van der Waals surface area contributed by atoms with Crippen molar-refractivity contribution in [3.8, 4) is 11.4 Å². The molecule has 1 amide bonds. The van der Waals surface area contributed by atoms with E-state index in [0.717, 1.165) is 24.8 Å². The van der Waals surface area contributed by atoms with Crippen molar-refractivity contribution in [3.05, 3.63) is 64.8 Å². The summed E-state index contributed by atoms with van der Waals surface area (Å²) >= 11 is 0. The Bertz CT molecular complexity index is 1000. The van der Waals surface area contributed by atoms with Crippen molar-refractivity contribution < 1.29 is 4.79 Å². The molecule has 4 rings (SSSR count). The number of nitrogens with zero attached hydrogens (tertiary/aromatic N) is 4. The zero-order valence-electron chi connectivity index (χ0n) is 15.1. The van der Waals surface area contributed by atoms with E-state index in [1.807, 2.05) is 36.4 Å². The monoisotopic (exact) mass is 363 g/mol. The highest BCUT2D eigenvalue weighted by molar-refractivity contribution is 5.90. The molecule has 2 heterocycles. The van der Waals surface area contributed by atoms with E-state index in [0.29, 0.717) is 11.5 Å². The lowest BCUT2D eigenvalue weighted by Gasteiger charge is -2.05. The van der Waals surface area contributed by atoms with Crippen LogP contribution in [0.1, 0.15) is 31.4 Å². The van der Waals surface area contributed by atoms with E-state index in [1.54, 1.807) is 17.0 Å². The molecule has 0 atom stereocenters. The highest BCUT2D eigenvalue weighted by Gasteiger charge is 2.30.